The topological polar surface area (TPSA) is 44.3 Å². The van der Waals surface area contributed by atoms with Crippen LogP contribution in [0.25, 0.3) is 10.9 Å². The van der Waals surface area contributed by atoms with Crippen molar-refractivity contribution in [3.63, 3.8) is 0 Å². The van der Waals surface area contributed by atoms with Gasteiger partial charge in [-0.3, -0.25) is 4.99 Å². The molecule has 1 aromatic carbocycles. The second-order valence-corrected chi connectivity index (χ2v) is 6.42. The van der Waals surface area contributed by atoms with E-state index in [1.54, 1.807) is 24.6 Å². The quantitative estimate of drug-likeness (QED) is 0.791. The highest BCUT2D eigenvalue weighted by molar-refractivity contribution is 5.89. The molecule has 4 nitrogen and oxygen atoms in total. The first-order valence-corrected chi connectivity index (χ1v) is 8.36. The summed E-state index contributed by atoms with van der Waals surface area (Å²) in [5.41, 5.74) is 1.41. The molecule has 2 aromatic rings. The van der Waals surface area contributed by atoms with Crippen molar-refractivity contribution in [2.45, 2.75) is 32.1 Å². The van der Waals surface area contributed by atoms with Gasteiger partial charge in [-0.15, -0.1) is 0 Å². The third-order valence-corrected chi connectivity index (χ3v) is 4.51. The summed E-state index contributed by atoms with van der Waals surface area (Å²) in [5, 5.41) is 10.4. The Kier molecular flexibility index (Phi) is 5.03. The van der Waals surface area contributed by atoms with Crippen molar-refractivity contribution in [1.82, 2.24) is 9.47 Å². The number of benzene rings is 1. The van der Waals surface area contributed by atoms with Gasteiger partial charge in [0.05, 0.1) is 22.8 Å². The fraction of sp³-hybridized carbons (Fsp3) is 0.368. The summed E-state index contributed by atoms with van der Waals surface area (Å²) in [4.78, 5) is 5.86. The Morgan fingerprint density at radius 2 is 2.00 bits per heavy atom. The van der Waals surface area contributed by atoms with E-state index < -0.39 is 31.4 Å². The Bertz CT molecular complexity index is 904. The molecule has 0 fully saturated rings. The molecule has 0 spiro atoms. The van der Waals surface area contributed by atoms with Crippen LogP contribution in [0, 0.1) is 17.1 Å². The molecule has 1 atom stereocenters. The van der Waals surface area contributed by atoms with Crippen LogP contribution in [0.3, 0.4) is 0 Å². The second kappa shape index (κ2) is 7.24. The Morgan fingerprint density at radius 1 is 1.27 bits per heavy atom. The summed E-state index contributed by atoms with van der Waals surface area (Å²) in [6.07, 6.45) is 3.96. The maximum atomic E-state index is 13.8. The molecular weight excluding hydrogens is 341 g/mol. The third kappa shape index (κ3) is 2.85. The fourth-order valence-corrected chi connectivity index (χ4v) is 3.39. The molecule has 136 valence electrons. The standard InChI is InChI=1S/C19H19F3N4/c1-12(2)26-17-8-13(22)4-5-15(17)16(11-23)18(26)19-24-6-3-7-25(19)14(9-20)10-21/h3-8,12,14,19H,9-10H2,1-2H3. The van der Waals surface area contributed by atoms with Crippen LogP contribution in [-0.4, -0.2) is 35.1 Å². The van der Waals surface area contributed by atoms with Crippen LogP contribution in [0.4, 0.5) is 13.2 Å². The first kappa shape index (κ1) is 18.1. The molecule has 1 aromatic heterocycles. The second-order valence-electron chi connectivity index (χ2n) is 6.42. The van der Waals surface area contributed by atoms with Crippen molar-refractivity contribution >= 4 is 17.1 Å². The highest BCUT2D eigenvalue weighted by atomic mass is 19.1. The molecule has 0 saturated heterocycles. The number of hydrogen-bond acceptors (Lipinski definition) is 3. The smallest absolute Gasteiger partial charge is 0.163 e. The Balaban J connectivity index is 2.29. The number of halogens is 3. The van der Waals surface area contributed by atoms with E-state index in [1.807, 2.05) is 18.4 Å². The normalized spacial score (nSPS) is 16.8. The Labute approximate surface area is 149 Å². The van der Waals surface area contributed by atoms with Gasteiger partial charge in [0.1, 0.15) is 25.2 Å². The zero-order valence-electron chi connectivity index (χ0n) is 14.5. The molecule has 3 rings (SSSR count). The fourth-order valence-electron chi connectivity index (χ4n) is 3.39. The van der Waals surface area contributed by atoms with Crippen molar-refractivity contribution in [3.05, 3.63) is 47.5 Å². The van der Waals surface area contributed by atoms with Crippen molar-refractivity contribution in [2.24, 2.45) is 4.99 Å². The maximum Gasteiger partial charge on any atom is 0.163 e. The summed E-state index contributed by atoms with van der Waals surface area (Å²) in [5.74, 6) is -0.415. The van der Waals surface area contributed by atoms with Crippen LogP contribution in [0.5, 0.6) is 0 Å². The summed E-state index contributed by atoms with van der Waals surface area (Å²) in [6, 6.07) is 5.29. The Hall–Kier alpha value is -2.75. The molecule has 0 N–H and O–H groups in total. The van der Waals surface area contributed by atoms with Gasteiger partial charge in [0.15, 0.2) is 6.17 Å². The van der Waals surface area contributed by atoms with E-state index in [9.17, 15) is 18.4 Å². The predicted octanol–water partition coefficient (Wildman–Crippen LogP) is 4.44. The van der Waals surface area contributed by atoms with Gasteiger partial charge in [-0.25, -0.2) is 13.2 Å². The number of allylic oxidation sites excluding steroid dienone is 1. The molecule has 7 heteroatoms. The molecule has 1 aliphatic heterocycles. The van der Waals surface area contributed by atoms with Crippen LogP contribution >= 0.6 is 0 Å². The van der Waals surface area contributed by atoms with E-state index in [0.29, 0.717) is 22.2 Å². The minimum absolute atomic E-state index is 0.103. The molecule has 26 heavy (non-hydrogen) atoms. The van der Waals surface area contributed by atoms with Crippen molar-refractivity contribution in [3.8, 4) is 6.07 Å². The minimum Gasteiger partial charge on any atom is -0.343 e. The number of fused-ring (bicyclic) bond motifs is 1. The monoisotopic (exact) mass is 360 g/mol. The lowest BCUT2D eigenvalue weighted by Gasteiger charge is -2.35. The van der Waals surface area contributed by atoms with E-state index in [4.69, 9.17) is 0 Å². The van der Waals surface area contributed by atoms with Gasteiger partial charge < -0.3 is 9.47 Å². The number of hydrogen-bond donors (Lipinski definition) is 0. The highest BCUT2D eigenvalue weighted by Gasteiger charge is 2.32. The van der Waals surface area contributed by atoms with Gasteiger partial charge in [-0.05, 0) is 38.1 Å². The molecule has 1 aliphatic rings. The molecule has 2 heterocycles. The summed E-state index contributed by atoms with van der Waals surface area (Å²) >= 11 is 0. The van der Waals surface area contributed by atoms with E-state index in [0.717, 1.165) is 0 Å². The molecular formula is C19H19F3N4. The summed E-state index contributed by atoms with van der Waals surface area (Å²) in [6.45, 7) is 2.05. The zero-order chi connectivity index (χ0) is 18.8. The average molecular weight is 360 g/mol. The molecule has 0 bridgehead atoms. The van der Waals surface area contributed by atoms with Crippen molar-refractivity contribution < 1.29 is 13.2 Å². The van der Waals surface area contributed by atoms with E-state index in [-0.39, 0.29) is 6.04 Å². The number of aliphatic imine (C=N–C) groups is 1. The van der Waals surface area contributed by atoms with Crippen LogP contribution in [-0.2, 0) is 0 Å². The Morgan fingerprint density at radius 3 is 2.62 bits per heavy atom. The van der Waals surface area contributed by atoms with Crippen LogP contribution in [0.2, 0.25) is 0 Å². The molecule has 0 aliphatic carbocycles. The van der Waals surface area contributed by atoms with Crippen LogP contribution in [0.1, 0.15) is 37.3 Å². The third-order valence-electron chi connectivity index (χ3n) is 4.51. The first-order valence-electron chi connectivity index (χ1n) is 8.36. The zero-order valence-corrected chi connectivity index (χ0v) is 14.5. The lowest BCUT2D eigenvalue weighted by atomic mass is 10.1. The number of nitriles is 1. The number of aromatic nitrogens is 1. The average Bonchev–Trinajstić information content (AvgIpc) is 2.96. The first-order chi connectivity index (χ1) is 12.5. The lowest BCUT2D eigenvalue weighted by molar-refractivity contribution is 0.142. The highest BCUT2D eigenvalue weighted by Crippen LogP contribution is 2.38. The molecule has 0 amide bonds. The van der Waals surface area contributed by atoms with Crippen LogP contribution in [0.15, 0.2) is 35.5 Å². The molecule has 1 unspecified atom stereocenters. The van der Waals surface area contributed by atoms with E-state index >= 15 is 0 Å². The molecule has 0 saturated carbocycles. The van der Waals surface area contributed by atoms with E-state index in [1.165, 1.54) is 17.0 Å². The van der Waals surface area contributed by atoms with Gasteiger partial charge in [0, 0.05) is 23.8 Å². The van der Waals surface area contributed by atoms with Gasteiger partial charge >= 0.3 is 0 Å². The number of alkyl halides is 2. The number of nitrogens with zero attached hydrogens (tertiary/aromatic N) is 4. The predicted molar refractivity (Wildman–Crippen MR) is 94.9 cm³/mol. The van der Waals surface area contributed by atoms with Crippen molar-refractivity contribution in [1.29, 1.82) is 5.26 Å². The largest absolute Gasteiger partial charge is 0.343 e. The summed E-state index contributed by atoms with van der Waals surface area (Å²) < 4.78 is 42.3. The van der Waals surface area contributed by atoms with Crippen LogP contribution < -0.4 is 0 Å². The maximum absolute atomic E-state index is 13.8. The SMILES string of the molecule is CC(C)n1c(C2N=CC=CN2C(CF)CF)c(C#N)c2ccc(F)cc21. The molecule has 0 radical (unpaired) electrons. The van der Waals surface area contributed by atoms with Gasteiger partial charge in [0.2, 0.25) is 0 Å². The summed E-state index contributed by atoms with van der Waals surface area (Å²) in [7, 11) is 0. The van der Waals surface area contributed by atoms with Gasteiger partial charge in [-0.2, -0.15) is 5.26 Å². The number of rotatable bonds is 5. The minimum atomic E-state index is -1.00. The lowest BCUT2D eigenvalue weighted by Crippen LogP contribution is -2.39. The van der Waals surface area contributed by atoms with Crippen molar-refractivity contribution in [2.75, 3.05) is 13.3 Å². The van der Waals surface area contributed by atoms with Gasteiger partial charge in [-0.1, -0.05) is 0 Å². The van der Waals surface area contributed by atoms with E-state index in [2.05, 4.69) is 11.1 Å². The van der Waals surface area contributed by atoms with Gasteiger partial charge in [0.25, 0.3) is 0 Å².